The van der Waals surface area contributed by atoms with Crippen molar-refractivity contribution in [2.75, 3.05) is 5.32 Å². The van der Waals surface area contributed by atoms with E-state index in [1.807, 2.05) is 0 Å². The summed E-state index contributed by atoms with van der Waals surface area (Å²) >= 11 is 5.79. The molecule has 1 amide bonds. The molecule has 2 aromatic rings. The van der Waals surface area contributed by atoms with Gasteiger partial charge in [0.25, 0.3) is 5.91 Å². The molecular weight excluding hydrogens is 318 g/mol. The second kappa shape index (κ2) is 6.57. The first-order chi connectivity index (χ1) is 10.4. The number of halogens is 3. The van der Waals surface area contributed by atoms with Gasteiger partial charge in [-0.15, -0.1) is 0 Å². The number of ketones is 1. The van der Waals surface area contributed by atoms with E-state index in [0.29, 0.717) is 11.3 Å². The first-order valence-electron chi connectivity index (χ1n) is 6.12. The lowest BCUT2D eigenvalue weighted by Gasteiger charge is -2.09. The van der Waals surface area contributed by atoms with Gasteiger partial charge in [0.15, 0.2) is 5.78 Å². The Morgan fingerprint density at radius 3 is 2.59 bits per heavy atom. The Labute approximate surface area is 129 Å². The number of carbonyl (C=O) groups excluding carboxylic acids is 2. The minimum atomic E-state index is -2.98. The van der Waals surface area contributed by atoms with Gasteiger partial charge in [-0.25, -0.2) is 0 Å². The van der Waals surface area contributed by atoms with E-state index in [4.69, 9.17) is 11.6 Å². The van der Waals surface area contributed by atoms with Crippen molar-refractivity contribution in [3.05, 3.63) is 46.7 Å². The highest BCUT2D eigenvalue weighted by molar-refractivity contribution is 6.32. The van der Waals surface area contributed by atoms with Crippen LogP contribution in [0.15, 0.2) is 30.5 Å². The lowest BCUT2D eigenvalue weighted by atomic mass is 10.2. The lowest BCUT2D eigenvalue weighted by molar-refractivity contribution is -0.0497. The fourth-order valence-corrected chi connectivity index (χ4v) is 1.92. The van der Waals surface area contributed by atoms with Gasteiger partial charge in [0, 0.05) is 17.4 Å². The molecule has 0 bridgehead atoms. The zero-order valence-corrected chi connectivity index (χ0v) is 12.1. The quantitative estimate of drug-likeness (QED) is 0.822. The molecular formula is C14H11ClF2N2O3. The number of Topliss-reactive ketones (excluding diaryl/α,β-unsaturated/α-hetero) is 1. The number of aromatic amines is 1. The number of carbonyl (C=O) groups is 2. The molecule has 8 heteroatoms. The van der Waals surface area contributed by atoms with E-state index in [2.05, 4.69) is 15.0 Å². The molecule has 116 valence electrons. The Morgan fingerprint density at radius 2 is 2.05 bits per heavy atom. The van der Waals surface area contributed by atoms with Gasteiger partial charge in [-0.1, -0.05) is 11.6 Å². The molecule has 1 aromatic carbocycles. The molecule has 2 rings (SSSR count). The van der Waals surface area contributed by atoms with E-state index in [0.717, 1.165) is 0 Å². The molecule has 1 heterocycles. The van der Waals surface area contributed by atoms with Crippen molar-refractivity contribution in [1.29, 1.82) is 0 Å². The Hall–Kier alpha value is -2.41. The zero-order valence-electron chi connectivity index (χ0n) is 11.3. The normalized spacial score (nSPS) is 10.6. The average Bonchev–Trinajstić information content (AvgIpc) is 2.91. The number of H-pyrrole nitrogens is 1. The number of hydrogen-bond acceptors (Lipinski definition) is 3. The van der Waals surface area contributed by atoms with Gasteiger partial charge in [-0.3, -0.25) is 9.59 Å². The fourth-order valence-electron chi connectivity index (χ4n) is 1.70. The predicted octanol–water partition coefficient (Wildman–Crippen LogP) is 3.72. The molecule has 0 unspecified atom stereocenters. The van der Waals surface area contributed by atoms with E-state index >= 15 is 0 Å². The fraction of sp³-hybridized carbons (Fsp3) is 0.143. The van der Waals surface area contributed by atoms with E-state index in [-0.39, 0.29) is 22.2 Å². The van der Waals surface area contributed by atoms with Gasteiger partial charge >= 0.3 is 6.61 Å². The molecule has 0 aliphatic carbocycles. The maximum Gasteiger partial charge on any atom is 0.387 e. The van der Waals surface area contributed by atoms with E-state index < -0.39 is 12.5 Å². The average molecular weight is 329 g/mol. The summed E-state index contributed by atoms with van der Waals surface area (Å²) in [7, 11) is 0. The van der Waals surface area contributed by atoms with E-state index in [1.165, 1.54) is 37.4 Å². The van der Waals surface area contributed by atoms with Crippen LogP contribution in [0.4, 0.5) is 14.5 Å². The summed E-state index contributed by atoms with van der Waals surface area (Å²) in [6, 6.07) is 5.29. The molecule has 0 spiro atoms. The highest BCUT2D eigenvalue weighted by atomic mass is 35.5. The minimum absolute atomic E-state index is 0.0611. The first-order valence-corrected chi connectivity index (χ1v) is 6.49. The summed E-state index contributed by atoms with van der Waals surface area (Å²) in [4.78, 5) is 25.8. The van der Waals surface area contributed by atoms with Crippen molar-refractivity contribution < 1.29 is 23.1 Å². The SMILES string of the molecule is CC(=O)c1c[nH]c(C(=O)Nc2ccc(OC(F)F)c(Cl)c2)c1. The summed E-state index contributed by atoms with van der Waals surface area (Å²) in [5.41, 5.74) is 0.869. The second-order valence-electron chi connectivity index (χ2n) is 4.34. The third-order valence-corrected chi connectivity index (χ3v) is 3.04. The van der Waals surface area contributed by atoms with Gasteiger partial charge in [-0.2, -0.15) is 8.78 Å². The summed E-state index contributed by atoms with van der Waals surface area (Å²) in [6.07, 6.45) is 1.42. The highest BCUT2D eigenvalue weighted by Crippen LogP contribution is 2.29. The Balaban J connectivity index is 2.11. The molecule has 0 aliphatic heterocycles. The summed E-state index contributed by atoms with van der Waals surface area (Å²) in [6.45, 7) is -1.60. The molecule has 0 saturated carbocycles. The second-order valence-corrected chi connectivity index (χ2v) is 4.74. The van der Waals surface area contributed by atoms with Crippen LogP contribution >= 0.6 is 11.6 Å². The maximum absolute atomic E-state index is 12.1. The Kier molecular flexibility index (Phi) is 4.77. The van der Waals surface area contributed by atoms with Gasteiger partial charge in [0.05, 0.1) is 5.02 Å². The van der Waals surface area contributed by atoms with Crippen LogP contribution in [-0.4, -0.2) is 23.3 Å². The number of nitrogens with one attached hydrogen (secondary N) is 2. The molecule has 0 radical (unpaired) electrons. The van der Waals surface area contributed by atoms with Crippen LogP contribution in [0.2, 0.25) is 5.02 Å². The maximum atomic E-state index is 12.1. The zero-order chi connectivity index (χ0) is 16.3. The highest BCUT2D eigenvalue weighted by Gasteiger charge is 2.13. The Morgan fingerprint density at radius 1 is 1.32 bits per heavy atom. The van der Waals surface area contributed by atoms with Crippen molar-refractivity contribution in [3.8, 4) is 5.75 Å². The number of benzene rings is 1. The van der Waals surface area contributed by atoms with Crippen LogP contribution in [0.3, 0.4) is 0 Å². The standard InChI is InChI=1S/C14H11ClF2N2O3/c1-7(20)8-4-11(18-6-8)13(21)19-9-2-3-12(10(15)5-9)22-14(16)17/h2-6,14,18H,1H3,(H,19,21). The van der Waals surface area contributed by atoms with Crippen molar-refractivity contribution in [3.63, 3.8) is 0 Å². The number of amides is 1. The summed E-state index contributed by atoms with van der Waals surface area (Å²) in [5, 5.41) is 2.46. The summed E-state index contributed by atoms with van der Waals surface area (Å²) in [5.74, 6) is -0.855. The van der Waals surface area contributed by atoms with Gasteiger partial charge < -0.3 is 15.0 Å². The molecule has 0 saturated heterocycles. The van der Waals surface area contributed by atoms with Gasteiger partial charge in [0.1, 0.15) is 11.4 Å². The number of rotatable bonds is 5. The van der Waals surface area contributed by atoms with Crippen molar-refractivity contribution in [2.24, 2.45) is 0 Å². The van der Waals surface area contributed by atoms with Gasteiger partial charge in [-0.05, 0) is 31.2 Å². The third kappa shape index (κ3) is 3.82. The smallest absolute Gasteiger partial charge is 0.387 e. The first kappa shape index (κ1) is 16.0. The summed E-state index contributed by atoms with van der Waals surface area (Å²) < 4.78 is 28.4. The van der Waals surface area contributed by atoms with Crippen molar-refractivity contribution in [1.82, 2.24) is 4.98 Å². The lowest BCUT2D eigenvalue weighted by Crippen LogP contribution is -2.12. The van der Waals surface area contributed by atoms with Crippen molar-refractivity contribution >= 4 is 29.0 Å². The molecule has 2 N–H and O–H groups in total. The molecule has 5 nitrogen and oxygen atoms in total. The van der Waals surface area contributed by atoms with Crippen LogP contribution in [0.5, 0.6) is 5.75 Å². The number of aromatic nitrogens is 1. The van der Waals surface area contributed by atoms with E-state index in [9.17, 15) is 18.4 Å². The topological polar surface area (TPSA) is 71.2 Å². The predicted molar refractivity (Wildman–Crippen MR) is 76.8 cm³/mol. The van der Waals surface area contributed by atoms with Crippen LogP contribution in [0, 0.1) is 0 Å². The number of hydrogen-bond donors (Lipinski definition) is 2. The molecule has 0 atom stereocenters. The molecule has 1 aromatic heterocycles. The molecule has 22 heavy (non-hydrogen) atoms. The van der Waals surface area contributed by atoms with Crippen LogP contribution in [0.25, 0.3) is 0 Å². The van der Waals surface area contributed by atoms with Crippen LogP contribution in [-0.2, 0) is 0 Å². The van der Waals surface area contributed by atoms with Crippen LogP contribution in [0.1, 0.15) is 27.8 Å². The Bertz CT molecular complexity index is 716. The van der Waals surface area contributed by atoms with Crippen LogP contribution < -0.4 is 10.1 Å². The van der Waals surface area contributed by atoms with Gasteiger partial charge in [0.2, 0.25) is 0 Å². The third-order valence-electron chi connectivity index (χ3n) is 2.74. The monoisotopic (exact) mass is 328 g/mol. The molecule has 0 aliphatic rings. The van der Waals surface area contributed by atoms with E-state index in [1.54, 1.807) is 0 Å². The van der Waals surface area contributed by atoms with Crippen molar-refractivity contribution in [2.45, 2.75) is 13.5 Å². The largest absolute Gasteiger partial charge is 0.433 e. The number of ether oxygens (including phenoxy) is 1. The minimum Gasteiger partial charge on any atom is -0.433 e. The number of alkyl halides is 2. The number of anilines is 1. The molecule has 0 fully saturated rings.